The third-order valence-corrected chi connectivity index (χ3v) is 6.67. The molecule has 6 heteroatoms. The van der Waals surface area contributed by atoms with E-state index < -0.39 is 17.6 Å². The molecule has 5 nitrogen and oxygen atoms in total. The molecule has 0 saturated carbocycles. The van der Waals surface area contributed by atoms with Gasteiger partial charge in [0.1, 0.15) is 18.5 Å². The number of rotatable bonds is 5. The molecule has 0 amide bonds. The summed E-state index contributed by atoms with van der Waals surface area (Å²) in [5, 5.41) is 20.7. The number of nitrogens with zero attached hydrogens (tertiary/aromatic N) is 1. The molecule has 0 aliphatic heterocycles. The van der Waals surface area contributed by atoms with E-state index in [1.54, 1.807) is 19.1 Å². The van der Waals surface area contributed by atoms with E-state index >= 15 is 0 Å². The minimum absolute atomic E-state index is 0.00448. The normalized spacial score (nSPS) is 16.8. The first-order chi connectivity index (χ1) is 14.2. The molecule has 2 atom stereocenters. The Hall–Kier alpha value is -2.15. The molecule has 158 valence electrons. The van der Waals surface area contributed by atoms with Crippen LogP contribution in [0.4, 0.5) is 0 Å². The number of aliphatic hydroxyl groups excluding tert-OH is 2. The van der Waals surface area contributed by atoms with Gasteiger partial charge in [0.2, 0.25) is 0 Å². The molecule has 0 saturated heterocycles. The van der Waals surface area contributed by atoms with Crippen molar-refractivity contribution in [3.05, 3.63) is 63.3 Å². The highest BCUT2D eigenvalue weighted by Gasteiger charge is 2.41. The smallest absolute Gasteiger partial charge is 0.195 e. The average molecular weight is 472 g/mol. The van der Waals surface area contributed by atoms with E-state index in [4.69, 9.17) is 4.74 Å². The van der Waals surface area contributed by atoms with Gasteiger partial charge in [0.25, 0.3) is 0 Å². The van der Waals surface area contributed by atoms with Gasteiger partial charge in [-0.05, 0) is 42.3 Å². The SMILES string of the molecule is CC[C@@H](O)[C@H](O)COc1ccc2c(c1)C(C)(C)c1c(c3ccc(Br)cc3n1C)C2=O. The standard InChI is InChI=1S/C24H26BrNO4/c1-5-19(27)20(28)12-30-14-7-9-15-17(11-14)24(2,3)23-21(22(15)29)16-8-6-13(25)10-18(16)26(23)4/h6-11,19-20,27-28H,5,12H2,1-4H3/t19-,20-/m1/s1. The van der Waals surface area contributed by atoms with Crippen LogP contribution >= 0.6 is 15.9 Å². The van der Waals surface area contributed by atoms with Gasteiger partial charge in [0.15, 0.2) is 5.78 Å². The third-order valence-electron chi connectivity index (χ3n) is 6.17. The van der Waals surface area contributed by atoms with Crippen molar-refractivity contribution in [1.82, 2.24) is 4.57 Å². The van der Waals surface area contributed by atoms with Crippen LogP contribution in [-0.4, -0.2) is 39.4 Å². The molecule has 0 spiro atoms. The number of hydrogen-bond acceptors (Lipinski definition) is 4. The highest BCUT2D eigenvalue weighted by Crippen LogP contribution is 2.46. The van der Waals surface area contributed by atoms with Crippen LogP contribution in [0.1, 0.15) is 54.4 Å². The number of aromatic nitrogens is 1. The highest BCUT2D eigenvalue weighted by atomic mass is 79.9. The van der Waals surface area contributed by atoms with Gasteiger partial charge in [0, 0.05) is 39.1 Å². The molecule has 1 aromatic heterocycles. The molecule has 0 bridgehead atoms. The predicted octanol–water partition coefficient (Wildman–Crippen LogP) is 4.32. The quantitative estimate of drug-likeness (QED) is 0.580. The van der Waals surface area contributed by atoms with Gasteiger partial charge in [-0.1, -0.05) is 42.8 Å². The first kappa shape index (κ1) is 21.1. The summed E-state index contributed by atoms with van der Waals surface area (Å²) in [5.41, 5.74) is 3.90. The fourth-order valence-electron chi connectivity index (χ4n) is 4.53. The lowest BCUT2D eigenvalue weighted by atomic mass is 9.71. The monoisotopic (exact) mass is 471 g/mol. The average Bonchev–Trinajstić information content (AvgIpc) is 3.02. The summed E-state index contributed by atoms with van der Waals surface area (Å²) in [4.78, 5) is 13.5. The van der Waals surface area contributed by atoms with Crippen LogP contribution in [0.5, 0.6) is 5.75 Å². The summed E-state index contributed by atoms with van der Waals surface area (Å²) in [6.45, 7) is 6.03. The zero-order valence-electron chi connectivity index (χ0n) is 17.6. The molecule has 1 aliphatic rings. The van der Waals surface area contributed by atoms with Crippen LogP contribution in [0.15, 0.2) is 40.9 Å². The third kappa shape index (κ3) is 3.18. The summed E-state index contributed by atoms with van der Waals surface area (Å²) in [6.07, 6.45) is -1.32. The first-order valence-electron chi connectivity index (χ1n) is 10.1. The molecule has 0 unspecified atom stereocenters. The van der Waals surface area contributed by atoms with Crippen LogP contribution in [0.25, 0.3) is 10.9 Å². The molecular weight excluding hydrogens is 446 g/mol. The Morgan fingerprint density at radius 2 is 1.87 bits per heavy atom. The molecule has 4 rings (SSSR count). The maximum absolute atomic E-state index is 13.5. The molecule has 2 N–H and O–H groups in total. The second-order valence-corrected chi connectivity index (χ2v) is 9.38. The fourth-order valence-corrected chi connectivity index (χ4v) is 4.88. The number of carbonyl (C=O) groups excluding carboxylic acids is 1. The van der Waals surface area contributed by atoms with Gasteiger partial charge in [0.05, 0.1) is 11.7 Å². The lowest BCUT2D eigenvalue weighted by Crippen LogP contribution is -2.33. The fraction of sp³-hybridized carbons (Fsp3) is 0.375. The van der Waals surface area contributed by atoms with Crippen molar-refractivity contribution >= 4 is 32.6 Å². The number of halogens is 1. The zero-order valence-corrected chi connectivity index (χ0v) is 19.2. The van der Waals surface area contributed by atoms with Gasteiger partial charge < -0.3 is 19.5 Å². The minimum atomic E-state index is -0.955. The van der Waals surface area contributed by atoms with Crippen LogP contribution in [0.2, 0.25) is 0 Å². The number of fused-ring (bicyclic) bond motifs is 4. The van der Waals surface area contributed by atoms with Gasteiger partial charge in [-0.25, -0.2) is 0 Å². The second kappa shape index (κ2) is 7.52. The van der Waals surface area contributed by atoms with E-state index in [2.05, 4.69) is 34.3 Å². The molecule has 2 aromatic carbocycles. The number of ketones is 1. The van der Waals surface area contributed by atoms with Gasteiger partial charge in [-0.15, -0.1) is 0 Å². The Balaban J connectivity index is 1.79. The lowest BCUT2D eigenvalue weighted by Gasteiger charge is -2.34. The zero-order chi connectivity index (χ0) is 21.8. The number of carbonyl (C=O) groups is 1. The van der Waals surface area contributed by atoms with Crippen molar-refractivity contribution < 1.29 is 19.7 Å². The van der Waals surface area contributed by atoms with Crippen molar-refractivity contribution in [2.45, 2.75) is 44.8 Å². The molecule has 30 heavy (non-hydrogen) atoms. The number of aliphatic hydroxyl groups is 2. The molecule has 1 heterocycles. The number of benzene rings is 2. The van der Waals surface area contributed by atoms with Gasteiger partial charge in [-0.2, -0.15) is 0 Å². The predicted molar refractivity (Wildman–Crippen MR) is 120 cm³/mol. The summed E-state index contributed by atoms with van der Waals surface area (Å²) in [6, 6.07) is 11.4. The van der Waals surface area contributed by atoms with E-state index in [9.17, 15) is 15.0 Å². The summed E-state index contributed by atoms with van der Waals surface area (Å²) in [5.74, 6) is 0.585. The maximum atomic E-state index is 13.5. The van der Waals surface area contributed by atoms with E-state index in [1.165, 1.54) is 0 Å². The van der Waals surface area contributed by atoms with E-state index in [0.29, 0.717) is 17.7 Å². The second-order valence-electron chi connectivity index (χ2n) is 8.46. The van der Waals surface area contributed by atoms with Crippen molar-refractivity contribution in [3.63, 3.8) is 0 Å². The van der Waals surface area contributed by atoms with E-state index in [1.807, 2.05) is 31.3 Å². The summed E-state index contributed by atoms with van der Waals surface area (Å²) in [7, 11) is 2.00. The van der Waals surface area contributed by atoms with Gasteiger partial charge in [-0.3, -0.25) is 4.79 Å². The molecule has 0 radical (unpaired) electrons. The van der Waals surface area contributed by atoms with Crippen LogP contribution in [-0.2, 0) is 12.5 Å². The Bertz CT molecular complexity index is 1150. The molecule has 0 fully saturated rings. The Morgan fingerprint density at radius 3 is 2.57 bits per heavy atom. The summed E-state index contributed by atoms with van der Waals surface area (Å²) < 4.78 is 8.82. The number of ether oxygens (including phenoxy) is 1. The van der Waals surface area contributed by atoms with Crippen LogP contribution in [0, 0.1) is 0 Å². The van der Waals surface area contributed by atoms with Crippen LogP contribution in [0.3, 0.4) is 0 Å². The van der Waals surface area contributed by atoms with Crippen molar-refractivity contribution in [2.75, 3.05) is 6.61 Å². The van der Waals surface area contributed by atoms with Gasteiger partial charge >= 0.3 is 0 Å². The Kier molecular flexibility index (Phi) is 5.29. The number of hydrogen-bond donors (Lipinski definition) is 2. The van der Waals surface area contributed by atoms with E-state index in [-0.39, 0.29) is 12.4 Å². The van der Waals surface area contributed by atoms with Crippen molar-refractivity contribution in [2.24, 2.45) is 7.05 Å². The van der Waals surface area contributed by atoms with Crippen LogP contribution < -0.4 is 4.74 Å². The minimum Gasteiger partial charge on any atom is -0.491 e. The van der Waals surface area contributed by atoms with E-state index in [0.717, 1.165) is 32.2 Å². The molecule has 1 aliphatic carbocycles. The topological polar surface area (TPSA) is 71.7 Å². The van der Waals surface area contributed by atoms with Crippen molar-refractivity contribution in [1.29, 1.82) is 0 Å². The summed E-state index contributed by atoms with van der Waals surface area (Å²) >= 11 is 3.53. The first-order valence-corrected chi connectivity index (χ1v) is 10.9. The number of aryl methyl sites for hydroxylation is 1. The Labute approximate surface area is 184 Å². The maximum Gasteiger partial charge on any atom is 0.195 e. The lowest BCUT2D eigenvalue weighted by molar-refractivity contribution is -0.00909. The Morgan fingerprint density at radius 1 is 1.13 bits per heavy atom. The van der Waals surface area contributed by atoms with Crippen molar-refractivity contribution in [3.8, 4) is 5.75 Å². The largest absolute Gasteiger partial charge is 0.491 e. The molecule has 3 aromatic rings. The molecular formula is C24H26BrNO4. The highest BCUT2D eigenvalue weighted by molar-refractivity contribution is 9.10.